The van der Waals surface area contributed by atoms with Crippen LogP contribution in [0.4, 0.5) is 10.1 Å². The molecule has 7 bridgehead atoms. The van der Waals surface area contributed by atoms with Gasteiger partial charge in [0.2, 0.25) is 15.9 Å². The highest BCUT2D eigenvalue weighted by molar-refractivity contribution is 7.90. The number of nitrogens with one attached hydrogen (secondary N) is 1. The molecule has 2 saturated heterocycles. The molecule has 2 fully saturated rings. The number of amides is 2. The highest BCUT2D eigenvalue weighted by Crippen LogP contribution is 2.49. The number of anilines is 1. The maximum Gasteiger partial charge on any atom is 0.264 e. The third-order valence-corrected chi connectivity index (χ3v) is 15.2. The first-order chi connectivity index (χ1) is 26.8. The predicted octanol–water partition coefficient (Wildman–Crippen LogP) is 5.89. The van der Waals surface area contributed by atoms with Crippen molar-refractivity contribution in [2.75, 3.05) is 71.5 Å². The molecule has 5 aliphatic rings. The molecule has 1 spiro atoms. The fourth-order valence-corrected chi connectivity index (χ4v) is 11.1. The van der Waals surface area contributed by atoms with Crippen molar-refractivity contribution in [3.8, 4) is 5.75 Å². The van der Waals surface area contributed by atoms with Crippen molar-refractivity contribution in [2.24, 2.45) is 11.8 Å². The number of hydrogen-bond donors (Lipinski definition) is 1. The fourth-order valence-electron chi connectivity index (χ4n) is 9.61. The van der Waals surface area contributed by atoms with Crippen LogP contribution in [-0.2, 0) is 38.1 Å². The molecule has 0 aliphatic carbocycles. The van der Waals surface area contributed by atoms with Crippen LogP contribution in [0.5, 0.6) is 5.75 Å². The Bertz CT molecular complexity index is 1940. The van der Waals surface area contributed by atoms with E-state index < -0.39 is 44.5 Å². The minimum Gasteiger partial charge on any atom is -0.487 e. The lowest BCUT2D eigenvalue weighted by atomic mass is 9.79. The summed E-state index contributed by atoms with van der Waals surface area (Å²) in [4.78, 5) is 37.1. The molecule has 2 aromatic carbocycles. The molecule has 0 saturated carbocycles. The number of halogens is 2. The average molecular weight is 814 g/mol. The SMILES string of the molecule is COCCN1CCC(CN(C)C(=O)[C@H]2/C(F)=C/C[C@H](C)[C@@H](C)S(=O)(=O)NC(=O)c3ccc4c(c3)N3CCCCc5cc(Cl)cc(c5CO4)[C@]4(CCCN24)C3)CC1. The number of ether oxygens (including phenoxy) is 2. The molecular formula is C42H57ClFN5O6S. The van der Waals surface area contributed by atoms with Crippen LogP contribution in [0.25, 0.3) is 0 Å². The lowest BCUT2D eigenvalue weighted by Crippen LogP contribution is -2.59. The standard InChI is InChI=1S/C42H57ClFN5O6S/c1-28-9-11-36(44)39(41(51)46(3)25-30-13-18-47(19-14-30)20-21-54-4)49-17-7-15-42(49)27-48-16-6-5-8-31-22-33(43)24-35(42)34(31)26-55-38-12-10-32(23-37(38)48)40(50)45-56(52,53)29(28)2/h10-12,22-24,28-30,39H,5-9,13-21,25-27H2,1-4H3,(H,45,50)/b36-11-/t28-,29+,39+,42-/m0/s1. The lowest BCUT2D eigenvalue weighted by molar-refractivity contribution is -0.137. The van der Waals surface area contributed by atoms with E-state index in [1.165, 1.54) is 13.0 Å². The quantitative estimate of drug-likeness (QED) is 0.382. The van der Waals surface area contributed by atoms with E-state index in [-0.39, 0.29) is 30.4 Å². The van der Waals surface area contributed by atoms with Crippen LogP contribution in [0.1, 0.15) is 85.8 Å². The number of benzene rings is 2. The number of sulfonamides is 1. The number of carbonyl (C=O) groups is 2. The van der Waals surface area contributed by atoms with E-state index in [9.17, 15) is 13.2 Å². The molecule has 306 valence electrons. The molecule has 56 heavy (non-hydrogen) atoms. The Morgan fingerprint density at radius 3 is 2.66 bits per heavy atom. The average Bonchev–Trinajstić information content (AvgIpc) is 3.59. The summed E-state index contributed by atoms with van der Waals surface area (Å²) in [5.41, 5.74) is 3.03. The Labute approximate surface area is 336 Å². The highest BCUT2D eigenvalue weighted by atomic mass is 35.5. The number of allylic oxidation sites excluding steroid dienone is 1. The van der Waals surface area contributed by atoms with E-state index in [1.807, 2.05) is 12.1 Å². The molecule has 2 aromatic rings. The van der Waals surface area contributed by atoms with Gasteiger partial charge in [-0.25, -0.2) is 17.5 Å². The number of likely N-dealkylation sites (tertiary alicyclic amines) is 1. The van der Waals surface area contributed by atoms with Crippen LogP contribution in [0.15, 0.2) is 42.2 Å². The third kappa shape index (κ3) is 8.21. The number of methoxy groups -OCH3 is 1. The van der Waals surface area contributed by atoms with Gasteiger partial charge in [0.25, 0.3) is 5.91 Å². The van der Waals surface area contributed by atoms with Gasteiger partial charge >= 0.3 is 0 Å². The monoisotopic (exact) mass is 813 g/mol. The van der Waals surface area contributed by atoms with Crippen LogP contribution >= 0.6 is 11.6 Å². The summed E-state index contributed by atoms with van der Waals surface area (Å²) in [6.45, 7) is 8.83. The first-order valence-corrected chi connectivity index (χ1v) is 22.2. The Balaban J connectivity index is 1.37. The second-order valence-corrected chi connectivity index (χ2v) is 19.1. The van der Waals surface area contributed by atoms with Crippen LogP contribution in [0.3, 0.4) is 0 Å². The third-order valence-electron chi connectivity index (χ3n) is 13.1. The molecule has 4 atom stereocenters. The number of fused-ring (bicyclic) bond motifs is 1. The smallest absolute Gasteiger partial charge is 0.264 e. The van der Waals surface area contributed by atoms with Gasteiger partial charge in [0.15, 0.2) is 0 Å². The van der Waals surface area contributed by atoms with Gasteiger partial charge in [0.05, 0.1) is 23.1 Å². The van der Waals surface area contributed by atoms with E-state index in [4.69, 9.17) is 21.1 Å². The number of likely N-dealkylation sites (N-methyl/N-ethyl adjacent to an activating group) is 1. The summed E-state index contributed by atoms with van der Waals surface area (Å²) in [7, 11) is -0.644. The maximum absolute atomic E-state index is 17.5. The van der Waals surface area contributed by atoms with Crippen molar-refractivity contribution >= 4 is 39.1 Å². The van der Waals surface area contributed by atoms with Gasteiger partial charge in [0.1, 0.15) is 24.2 Å². The lowest BCUT2D eigenvalue weighted by Gasteiger charge is -2.47. The molecule has 0 aromatic heterocycles. The minimum atomic E-state index is -4.14. The van der Waals surface area contributed by atoms with Gasteiger partial charge < -0.3 is 24.2 Å². The van der Waals surface area contributed by atoms with Crippen LogP contribution < -0.4 is 14.4 Å². The predicted molar refractivity (Wildman–Crippen MR) is 216 cm³/mol. The molecule has 0 radical (unpaired) electrons. The topological polar surface area (TPSA) is 112 Å². The summed E-state index contributed by atoms with van der Waals surface area (Å²) in [6, 6.07) is 7.81. The normalized spacial score (nSPS) is 28.5. The van der Waals surface area contributed by atoms with Crippen molar-refractivity contribution in [1.29, 1.82) is 0 Å². The summed E-state index contributed by atoms with van der Waals surface area (Å²) in [5, 5.41) is -0.432. The molecule has 5 heterocycles. The molecule has 5 aliphatic heterocycles. The first kappa shape index (κ1) is 40.9. The van der Waals surface area contributed by atoms with Crippen LogP contribution in [-0.4, -0.2) is 113 Å². The first-order valence-electron chi connectivity index (χ1n) is 20.3. The van der Waals surface area contributed by atoms with Gasteiger partial charge in [-0.15, -0.1) is 0 Å². The molecule has 14 heteroatoms. The molecule has 0 unspecified atom stereocenters. The highest BCUT2D eigenvalue weighted by Gasteiger charge is 2.52. The van der Waals surface area contributed by atoms with Crippen LogP contribution in [0.2, 0.25) is 5.02 Å². The van der Waals surface area contributed by atoms with Crippen molar-refractivity contribution in [2.45, 2.75) is 88.7 Å². The Hall–Kier alpha value is -3.23. The Morgan fingerprint density at radius 1 is 1.11 bits per heavy atom. The van der Waals surface area contributed by atoms with Gasteiger partial charge in [-0.05, 0) is 130 Å². The Morgan fingerprint density at radius 2 is 1.89 bits per heavy atom. The van der Waals surface area contributed by atoms with Crippen molar-refractivity contribution in [3.05, 3.63) is 69.5 Å². The number of hydrogen-bond acceptors (Lipinski definition) is 9. The van der Waals surface area contributed by atoms with Crippen molar-refractivity contribution in [3.63, 3.8) is 0 Å². The van der Waals surface area contributed by atoms with Gasteiger partial charge in [-0.3, -0.25) is 14.5 Å². The molecular weight excluding hydrogens is 757 g/mol. The van der Waals surface area contributed by atoms with Crippen LogP contribution in [0, 0.1) is 11.8 Å². The summed E-state index contributed by atoms with van der Waals surface area (Å²) < 4.78 is 58.8. The van der Waals surface area contributed by atoms with Gasteiger partial charge in [-0.1, -0.05) is 24.6 Å². The Kier molecular flexibility index (Phi) is 12.4. The fraction of sp³-hybridized carbons (Fsp3) is 0.619. The molecule has 2 amide bonds. The number of rotatable bonds is 6. The molecule has 1 N–H and O–H groups in total. The van der Waals surface area contributed by atoms with Crippen molar-refractivity contribution < 1.29 is 31.9 Å². The number of piperidine rings is 1. The van der Waals surface area contributed by atoms with E-state index in [0.717, 1.165) is 74.8 Å². The van der Waals surface area contributed by atoms with E-state index in [2.05, 4.69) is 19.4 Å². The zero-order valence-corrected chi connectivity index (χ0v) is 34.8. The zero-order valence-electron chi connectivity index (χ0n) is 33.2. The summed E-state index contributed by atoms with van der Waals surface area (Å²) in [5.74, 6) is -1.36. The maximum atomic E-state index is 17.5. The van der Waals surface area contributed by atoms with E-state index >= 15 is 9.18 Å². The van der Waals surface area contributed by atoms with Crippen molar-refractivity contribution in [1.82, 2.24) is 19.4 Å². The molecule has 7 rings (SSSR count). The summed E-state index contributed by atoms with van der Waals surface area (Å²) in [6.07, 6.45) is 7.19. The second-order valence-electron chi connectivity index (χ2n) is 16.7. The minimum absolute atomic E-state index is 0.0573. The van der Waals surface area contributed by atoms with Gasteiger partial charge in [0, 0.05) is 57.5 Å². The second kappa shape index (κ2) is 16.9. The van der Waals surface area contributed by atoms with Gasteiger partial charge in [-0.2, -0.15) is 0 Å². The number of nitrogens with zero attached hydrogens (tertiary/aromatic N) is 4. The van der Waals surface area contributed by atoms with E-state index in [1.54, 1.807) is 44.2 Å². The number of aryl methyl sites for hydroxylation is 1. The van der Waals surface area contributed by atoms with E-state index in [0.29, 0.717) is 55.7 Å². The largest absolute Gasteiger partial charge is 0.487 e. The number of carbonyl (C=O) groups excluding carboxylic acids is 2. The summed E-state index contributed by atoms with van der Waals surface area (Å²) >= 11 is 6.97. The zero-order chi connectivity index (χ0) is 39.8. The molecule has 11 nitrogen and oxygen atoms in total.